The van der Waals surface area contributed by atoms with E-state index in [2.05, 4.69) is 0 Å². The molecule has 1 heterocycles. The van der Waals surface area contributed by atoms with Gasteiger partial charge >= 0.3 is 5.97 Å². The van der Waals surface area contributed by atoms with E-state index in [1.54, 1.807) is 32.3 Å². The molecule has 3 rings (SSSR count). The topological polar surface area (TPSA) is 65.0 Å². The zero-order valence-electron chi connectivity index (χ0n) is 12.0. The smallest absolute Gasteiger partial charge is 0.324 e. The van der Waals surface area contributed by atoms with Crippen LogP contribution in [0, 0.1) is 0 Å². The molecule has 1 aromatic rings. The second kappa shape index (κ2) is 5.07. The Kier molecular flexibility index (Phi) is 3.37. The monoisotopic (exact) mass is 290 g/mol. The highest BCUT2D eigenvalue weighted by Crippen LogP contribution is 2.51. The molecule has 1 N–H and O–H groups in total. The molecule has 0 aromatic heterocycles. The van der Waals surface area contributed by atoms with Gasteiger partial charge < -0.3 is 19.3 Å². The Morgan fingerprint density at radius 2 is 2.33 bits per heavy atom. The van der Waals surface area contributed by atoms with Gasteiger partial charge in [0.25, 0.3) is 0 Å². The summed E-state index contributed by atoms with van der Waals surface area (Å²) in [5.74, 6) is 0.774. The van der Waals surface area contributed by atoms with Crippen molar-refractivity contribution in [2.24, 2.45) is 0 Å². The predicted octanol–water partition coefficient (Wildman–Crippen LogP) is 1.58. The van der Waals surface area contributed by atoms with Gasteiger partial charge in [0.05, 0.1) is 19.8 Å². The number of benzene rings is 1. The normalized spacial score (nSPS) is 29.3. The van der Waals surface area contributed by atoms with Crippen LogP contribution in [-0.2, 0) is 14.9 Å². The molecular formula is C16H18O5. The fraction of sp³-hybridized carbons (Fsp3) is 0.438. The third-order valence-corrected chi connectivity index (χ3v) is 4.06. The number of hydrogen-bond acceptors (Lipinski definition) is 5. The van der Waals surface area contributed by atoms with Crippen LogP contribution in [0.5, 0.6) is 11.5 Å². The van der Waals surface area contributed by atoms with Crippen LogP contribution in [0.4, 0.5) is 0 Å². The molecular weight excluding hydrogens is 272 g/mol. The lowest BCUT2D eigenvalue weighted by Gasteiger charge is -2.33. The molecule has 1 aromatic carbocycles. The summed E-state index contributed by atoms with van der Waals surface area (Å²) in [6.45, 7) is 2.07. The molecule has 0 bridgehead atoms. The van der Waals surface area contributed by atoms with E-state index >= 15 is 0 Å². The Balaban J connectivity index is 2.17. The van der Waals surface area contributed by atoms with Crippen LogP contribution >= 0.6 is 0 Å². The third kappa shape index (κ3) is 1.92. The predicted molar refractivity (Wildman–Crippen MR) is 75.5 cm³/mol. The summed E-state index contributed by atoms with van der Waals surface area (Å²) >= 11 is 0. The molecule has 5 nitrogen and oxygen atoms in total. The van der Waals surface area contributed by atoms with Gasteiger partial charge in [-0.15, -0.1) is 0 Å². The highest BCUT2D eigenvalue weighted by Gasteiger charge is 2.56. The Hall–Kier alpha value is -2.01. The van der Waals surface area contributed by atoms with Gasteiger partial charge in [-0.05, 0) is 13.0 Å². The Morgan fingerprint density at radius 1 is 1.52 bits per heavy atom. The SMILES string of the molecule is CCOC(=O)C12C=CC(O)CC1Oc1c(OC)cccc12. The highest BCUT2D eigenvalue weighted by molar-refractivity contribution is 5.90. The first-order chi connectivity index (χ1) is 10.1. The van der Waals surface area contributed by atoms with Gasteiger partial charge in [-0.2, -0.15) is 0 Å². The first-order valence-electron chi connectivity index (χ1n) is 7.02. The maximum atomic E-state index is 12.6. The van der Waals surface area contributed by atoms with Gasteiger partial charge in [-0.1, -0.05) is 24.3 Å². The molecule has 0 spiro atoms. The molecule has 0 fully saturated rings. The van der Waals surface area contributed by atoms with Crippen LogP contribution in [0.2, 0.25) is 0 Å². The number of aliphatic hydroxyl groups excluding tert-OH is 1. The fourth-order valence-electron chi connectivity index (χ4n) is 3.08. The van der Waals surface area contributed by atoms with E-state index in [1.165, 1.54) is 0 Å². The van der Waals surface area contributed by atoms with Crippen LogP contribution in [0.1, 0.15) is 18.9 Å². The average Bonchev–Trinajstić information content (AvgIpc) is 2.81. The first kappa shape index (κ1) is 13.9. The number of ether oxygens (including phenoxy) is 3. The molecule has 3 atom stereocenters. The summed E-state index contributed by atoms with van der Waals surface area (Å²) in [4.78, 5) is 12.6. The minimum Gasteiger partial charge on any atom is -0.493 e. The van der Waals surface area contributed by atoms with E-state index in [9.17, 15) is 9.90 Å². The lowest BCUT2D eigenvalue weighted by Crippen LogP contribution is -2.48. The fourth-order valence-corrected chi connectivity index (χ4v) is 3.08. The van der Waals surface area contributed by atoms with E-state index in [0.29, 0.717) is 24.5 Å². The van der Waals surface area contributed by atoms with Crippen LogP contribution in [-0.4, -0.2) is 37.0 Å². The number of methoxy groups -OCH3 is 1. The summed E-state index contributed by atoms with van der Waals surface area (Å²) in [5, 5.41) is 9.84. The van der Waals surface area contributed by atoms with Gasteiger partial charge in [-0.25, -0.2) is 0 Å². The lowest BCUT2D eigenvalue weighted by molar-refractivity contribution is -0.151. The minimum absolute atomic E-state index is 0.295. The number of carbonyl (C=O) groups excluding carboxylic acids is 1. The maximum Gasteiger partial charge on any atom is 0.324 e. The third-order valence-electron chi connectivity index (χ3n) is 4.06. The van der Waals surface area contributed by atoms with E-state index < -0.39 is 17.6 Å². The number of fused-ring (bicyclic) bond motifs is 3. The Morgan fingerprint density at radius 3 is 3.05 bits per heavy atom. The lowest BCUT2D eigenvalue weighted by atomic mass is 9.72. The molecule has 0 radical (unpaired) electrons. The van der Waals surface area contributed by atoms with Crippen LogP contribution in [0.3, 0.4) is 0 Å². The standard InChI is InChI=1S/C16H18O5/c1-3-20-15(18)16-8-7-10(17)9-13(16)21-14-11(16)5-4-6-12(14)19-2/h4-8,10,13,17H,3,9H2,1-2H3. The van der Waals surface area contributed by atoms with Crippen molar-refractivity contribution >= 4 is 5.97 Å². The molecule has 1 aliphatic heterocycles. The number of carbonyl (C=O) groups is 1. The van der Waals surface area contributed by atoms with Gasteiger partial charge in [0.15, 0.2) is 16.9 Å². The number of para-hydroxylation sites is 1. The number of rotatable bonds is 3. The van der Waals surface area contributed by atoms with Crippen molar-refractivity contribution in [1.82, 2.24) is 0 Å². The molecule has 1 aliphatic carbocycles. The Bertz CT molecular complexity index is 594. The van der Waals surface area contributed by atoms with Crippen molar-refractivity contribution in [1.29, 1.82) is 0 Å². The second-order valence-electron chi connectivity index (χ2n) is 5.20. The molecule has 0 saturated carbocycles. The number of aliphatic hydroxyl groups is 1. The first-order valence-corrected chi connectivity index (χ1v) is 7.02. The zero-order valence-corrected chi connectivity index (χ0v) is 12.0. The summed E-state index contributed by atoms with van der Waals surface area (Å²) < 4.78 is 16.5. The molecule has 0 saturated heterocycles. The van der Waals surface area contributed by atoms with E-state index in [0.717, 1.165) is 5.56 Å². The van der Waals surface area contributed by atoms with Crippen LogP contribution in [0.25, 0.3) is 0 Å². The molecule has 3 unspecified atom stereocenters. The summed E-state index contributed by atoms with van der Waals surface area (Å²) in [6.07, 6.45) is 2.56. The second-order valence-corrected chi connectivity index (χ2v) is 5.20. The van der Waals surface area contributed by atoms with Crippen molar-refractivity contribution in [3.63, 3.8) is 0 Å². The number of esters is 1. The van der Waals surface area contributed by atoms with Crippen molar-refractivity contribution in [3.05, 3.63) is 35.9 Å². The molecule has 112 valence electrons. The largest absolute Gasteiger partial charge is 0.493 e. The molecule has 5 heteroatoms. The molecule has 2 aliphatic rings. The van der Waals surface area contributed by atoms with Crippen molar-refractivity contribution in [3.8, 4) is 11.5 Å². The summed E-state index contributed by atoms with van der Waals surface area (Å²) in [5.41, 5.74) is -0.271. The van der Waals surface area contributed by atoms with E-state index in [-0.39, 0.29) is 5.97 Å². The van der Waals surface area contributed by atoms with Crippen molar-refractivity contribution < 1.29 is 24.1 Å². The van der Waals surface area contributed by atoms with E-state index in [1.807, 2.05) is 12.1 Å². The Labute approximate surface area is 123 Å². The zero-order chi connectivity index (χ0) is 15.0. The minimum atomic E-state index is -1.00. The van der Waals surface area contributed by atoms with Crippen molar-refractivity contribution in [2.45, 2.75) is 31.0 Å². The maximum absolute atomic E-state index is 12.6. The molecule has 0 amide bonds. The highest BCUT2D eigenvalue weighted by atomic mass is 16.6. The average molecular weight is 290 g/mol. The number of hydrogen-bond donors (Lipinski definition) is 1. The van der Waals surface area contributed by atoms with E-state index in [4.69, 9.17) is 14.2 Å². The van der Waals surface area contributed by atoms with Gasteiger partial charge in [0.2, 0.25) is 0 Å². The summed E-state index contributed by atoms with van der Waals surface area (Å²) in [7, 11) is 1.56. The summed E-state index contributed by atoms with van der Waals surface area (Å²) in [6, 6.07) is 5.45. The van der Waals surface area contributed by atoms with Gasteiger partial charge in [-0.3, -0.25) is 4.79 Å². The molecule has 21 heavy (non-hydrogen) atoms. The van der Waals surface area contributed by atoms with Gasteiger partial charge in [0, 0.05) is 12.0 Å². The van der Waals surface area contributed by atoms with Crippen LogP contribution < -0.4 is 9.47 Å². The quantitative estimate of drug-likeness (QED) is 0.676. The van der Waals surface area contributed by atoms with Crippen molar-refractivity contribution in [2.75, 3.05) is 13.7 Å². The van der Waals surface area contributed by atoms with Gasteiger partial charge in [0.1, 0.15) is 6.10 Å². The van der Waals surface area contributed by atoms with Crippen LogP contribution in [0.15, 0.2) is 30.4 Å².